The quantitative estimate of drug-likeness (QED) is 0.226. The summed E-state index contributed by atoms with van der Waals surface area (Å²) in [5.41, 5.74) is 4.79. The Hall–Kier alpha value is -3.96. The zero-order chi connectivity index (χ0) is 26.6. The molecule has 5 rings (SSSR count). The molecule has 0 aliphatic heterocycles. The Balaban J connectivity index is 1.94. The predicted octanol–water partition coefficient (Wildman–Crippen LogP) is 6.12. The smallest absolute Gasteiger partial charge is 0.333 e. The Bertz CT molecular complexity index is 1930. The van der Waals surface area contributed by atoms with Crippen LogP contribution < -0.4 is 5.43 Å². The second-order valence-corrected chi connectivity index (χ2v) is 11.4. The third-order valence-electron chi connectivity index (χ3n) is 6.59. The zero-order valence-corrected chi connectivity index (χ0v) is 21.8. The summed E-state index contributed by atoms with van der Waals surface area (Å²) in [7, 11) is -4.93. The molecule has 37 heavy (non-hydrogen) atoms. The molecule has 0 bridgehead atoms. The monoisotopic (exact) mass is 515 g/mol. The maximum atomic E-state index is 13.9. The third kappa shape index (κ3) is 4.19. The van der Waals surface area contributed by atoms with Crippen molar-refractivity contribution in [3.05, 3.63) is 70.1 Å². The van der Waals surface area contributed by atoms with Crippen molar-refractivity contribution < 1.29 is 12.3 Å². The van der Waals surface area contributed by atoms with E-state index in [0.717, 1.165) is 22.7 Å². The van der Waals surface area contributed by atoms with Gasteiger partial charge in [-0.3, -0.25) is 9.78 Å². The van der Waals surface area contributed by atoms with Crippen molar-refractivity contribution in [2.24, 2.45) is 5.92 Å². The molecule has 8 heteroatoms. The van der Waals surface area contributed by atoms with Gasteiger partial charge in [-0.05, 0) is 67.6 Å². The standard InChI is InChI=1S/C29H26FN3O3S/c1-6-18-7-8-22-25(10-18)32-29-27(22)28(34)24-12-19(9-16(2)3)23(13-26(24)33(29)17(4)5)20-11-21(15-31-14-20)37(30,35)36/h1,7-8,10-17,32H,9H2,2-5H3. The van der Waals surface area contributed by atoms with Gasteiger partial charge in [-0.15, -0.1) is 10.3 Å². The van der Waals surface area contributed by atoms with Crippen molar-refractivity contribution >= 4 is 43.1 Å². The van der Waals surface area contributed by atoms with E-state index in [1.165, 1.54) is 12.3 Å². The van der Waals surface area contributed by atoms with Gasteiger partial charge in [0.2, 0.25) is 0 Å². The molecule has 0 amide bonds. The normalized spacial score (nSPS) is 12.3. The molecule has 0 radical (unpaired) electrons. The summed E-state index contributed by atoms with van der Waals surface area (Å²) in [5, 5.41) is 1.95. The zero-order valence-electron chi connectivity index (χ0n) is 21.0. The molecule has 1 N–H and O–H groups in total. The van der Waals surface area contributed by atoms with Gasteiger partial charge in [0.05, 0.1) is 10.9 Å². The maximum Gasteiger partial charge on any atom is 0.333 e. The van der Waals surface area contributed by atoms with E-state index in [4.69, 9.17) is 6.42 Å². The molecule has 0 saturated heterocycles. The maximum absolute atomic E-state index is 13.9. The van der Waals surface area contributed by atoms with Crippen molar-refractivity contribution in [2.75, 3.05) is 0 Å². The first kappa shape index (κ1) is 24.7. The van der Waals surface area contributed by atoms with E-state index in [1.54, 1.807) is 0 Å². The highest BCUT2D eigenvalue weighted by Gasteiger charge is 2.21. The lowest BCUT2D eigenvalue weighted by atomic mass is 9.92. The number of halogens is 1. The number of benzene rings is 2. The van der Waals surface area contributed by atoms with E-state index in [9.17, 15) is 17.1 Å². The van der Waals surface area contributed by atoms with Crippen LogP contribution >= 0.6 is 0 Å². The molecule has 0 aliphatic carbocycles. The van der Waals surface area contributed by atoms with Gasteiger partial charge in [0.25, 0.3) is 0 Å². The molecule has 5 aromatic rings. The van der Waals surface area contributed by atoms with Gasteiger partial charge >= 0.3 is 10.2 Å². The number of nitrogens with one attached hydrogen (secondary N) is 1. The average molecular weight is 516 g/mol. The minimum atomic E-state index is -4.93. The topological polar surface area (TPSA) is 84.8 Å². The Kier molecular flexibility index (Phi) is 5.92. The van der Waals surface area contributed by atoms with Crippen LogP contribution in [-0.4, -0.2) is 23.0 Å². The van der Waals surface area contributed by atoms with Crippen molar-refractivity contribution in [1.29, 1.82) is 0 Å². The molecule has 0 unspecified atom stereocenters. The van der Waals surface area contributed by atoms with E-state index in [0.29, 0.717) is 45.0 Å². The minimum Gasteiger partial charge on any atom is -0.340 e. The molecule has 0 spiro atoms. The summed E-state index contributed by atoms with van der Waals surface area (Å²) >= 11 is 0. The SMILES string of the molecule is C#Cc1ccc2c(c1)[nH]c1c2c(=O)c2cc(CC(C)C)c(-c3cncc(S(=O)(=O)F)c3)cc2n1C(C)C. The molecular weight excluding hydrogens is 489 g/mol. The van der Waals surface area contributed by atoms with Crippen LogP contribution in [0.1, 0.15) is 44.9 Å². The molecule has 6 nitrogen and oxygen atoms in total. The van der Waals surface area contributed by atoms with Crippen LogP contribution in [-0.2, 0) is 16.6 Å². The Morgan fingerprint density at radius 3 is 2.49 bits per heavy atom. The summed E-state index contributed by atoms with van der Waals surface area (Å²) < 4.78 is 39.0. The van der Waals surface area contributed by atoms with Crippen molar-refractivity contribution in [2.45, 2.75) is 45.1 Å². The van der Waals surface area contributed by atoms with Crippen LogP contribution in [0.3, 0.4) is 0 Å². The molecule has 3 aromatic heterocycles. The number of fused-ring (bicyclic) bond motifs is 4. The van der Waals surface area contributed by atoms with Crippen molar-refractivity contribution in [3.8, 4) is 23.5 Å². The minimum absolute atomic E-state index is 0.0229. The summed E-state index contributed by atoms with van der Waals surface area (Å²) in [5.74, 6) is 2.89. The van der Waals surface area contributed by atoms with Gasteiger partial charge in [0.1, 0.15) is 10.5 Å². The molecule has 0 atom stereocenters. The number of pyridine rings is 2. The van der Waals surface area contributed by atoms with E-state index in [2.05, 4.69) is 34.3 Å². The largest absolute Gasteiger partial charge is 0.340 e. The van der Waals surface area contributed by atoms with Crippen LogP contribution in [0.15, 0.2) is 58.5 Å². The fourth-order valence-electron chi connectivity index (χ4n) is 5.07. The number of aromatic nitrogens is 3. The number of nitrogens with zero attached hydrogens (tertiary/aromatic N) is 2. The Labute approximate surface area is 214 Å². The van der Waals surface area contributed by atoms with Crippen molar-refractivity contribution in [1.82, 2.24) is 14.5 Å². The molecule has 0 aliphatic rings. The lowest BCUT2D eigenvalue weighted by Crippen LogP contribution is -2.14. The number of terminal acetylenes is 1. The first-order valence-corrected chi connectivity index (χ1v) is 13.4. The highest BCUT2D eigenvalue weighted by molar-refractivity contribution is 7.86. The highest BCUT2D eigenvalue weighted by Crippen LogP contribution is 2.35. The molecule has 188 valence electrons. The summed E-state index contributed by atoms with van der Waals surface area (Å²) in [4.78, 5) is 20.8. The van der Waals surface area contributed by atoms with Gasteiger partial charge < -0.3 is 9.55 Å². The highest BCUT2D eigenvalue weighted by atomic mass is 32.3. The van der Waals surface area contributed by atoms with E-state index in [-0.39, 0.29) is 17.4 Å². The van der Waals surface area contributed by atoms with E-state index < -0.39 is 15.1 Å². The molecular formula is C29H26FN3O3S. The number of H-pyrrole nitrogens is 1. The lowest BCUT2D eigenvalue weighted by molar-refractivity contribution is 0.551. The van der Waals surface area contributed by atoms with Crippen LogP contribution in [0.2, 0.25) is 0 Å². The Morgan fingerprint density at radius 1 is 1.08 bits per heavy atom. The van der Waals surface area contributed by atoms with Gasteiger partial charge in [-0.1, -0.05) is 25.8 Å². The number of hydrogen-bond donors (Lipinski definition) is 1. The number of rotatable bonds is 5. The van der Waals surface area contributed by atoms with Crippen LogP contribution in [0.5, 0.6) is 0 Å². The van der Waals surface area contributed by atoms with Gasteiger partial charge in [-0.2, -0.15) is 8.42 Å². The van der Waals surface area contributed by atoms with Crippen LogP contribution in [0.25, 0.3) is 44.0 Å². The van der Waals surface area contributed by atoms with Crippen LogP contribution in [0.4, 0.5) is 3.89 Å². The summed E-state index contributed by atoms with van der Waals surface area (Å²) in [6.45, 7) is 8.18. The van der Waals surface area contributed by atoms with E-state index in [1.807, 2.05) is 44.2 Å². The van der Waals surface area contributed by atoms with Crippen LogP contribution in [0, 0.1) is 18.3 Å². The summed E-state index contributed by atoms with van der Waals surface area (Å²) in [6.07, 6.45) is 8.73. The van der Waals surface area contributed by atoms with Gasteiger partial charge in [0, 0.05) is 45.9 Å². The van der Waals surface area contributed by atoms with Gasteiger partial charge in [-0.25, -0.2) is 0 Å². The Morgan fingerprint density at radius 2 is 1.84 bits per heavy atom. The fourth-order valence-corrected chi connectivity index (χ4v) is 5.52. The molecule has 0 fully saturated rings. The second-order valence-electron chi connectivity index (χ2n) is 10.0. The first-order chi connectivity index (χ1) is 17.5. The lowest BCUT2D eigenvalue weighted by Gasteiger charge is -2.20. The number of aromatic amines is 1. The average Bonchev–Trinajstić information content (AvgIpc) is 3.21. The van der Waals surface area contributed by atoms with Crippen molar-refractivity contribution in [3.63, 3.8) is 0 Å². The molecule has 0 saturated carbocycles. The number of hydrogen-bond acceptors (Lipinski definition) is 4. The molecule has 2 aromatic carbocycles. The van der Waals surface area contributed by atoms with E-state index >= 15 is 0 Å². The fraction of sp³-hybridized carbons (Fsp3) is 0.241. The second kappa shape index (κ2) is 8.86. The summed E-state index contributed by atoms with van der Waals surface area (Å²) in [6, 6.07) is 10.6. The van der Waals surface area contributed by atoms with Gasteiger partial charge in [0.15, 0.2) is 5.43 Å². The third-order valence-corrected chi connectivity index (χ3v) is 7.38. The molecule has 3 heterocycles. The first-order valence-electron chi connectivity index (χ1n) is 12.0. The predicted molar refractivity (Wildman–Crippen MR) is 146 cm³/mol.